The average Bonchev–Trinajstić information content (AvgIpc) is 3.17. The van der Waals surface area contributed by atoms with Crippen LogP contribution in [0.5, 0.6) is 0 Å². The number of hydrogen-bond acceptors (Lipinski definition) is 3. The predicted octanol–water partition coefficient (Wildman–Crippen LogP) is 5.76. The van der Waals surface area contributed by atoms with Crippen molar-refractivity contribution in [3.05, 3.63) is 46.5 Å². The number of carbonyl (C=O) groups is 1. The Hall–Kier alpha value is -2.09. The smallest absolute Gasteiger partial charge is 0.475 e. The first-order valence-corrected chi connectivity index (χ1v) is 12.0. The van der Waals surface area contributed by atoms with Gasteiger partial charge in [-0.3, -0.25) is 0 Å². The molecule has 4 bridgehead atoms. The van der Waals surface area contributed by atoms with Gasteiger partial charge >= 0.3 is 12.1 Å². The van der Waals surface area contributed by atoms with Gasteiger partial charge in [-0.1, -0.05) is 29.8 Å². The number of aryl methyl sites for hydroxylation is 1. The number of aliphatic carboxylic acids is 1. The van der Waals surface area contributed by atoms with Gasteiger partial charge in [0.1, 0.15) is 11.6 Å². The van der Waals surface area contributed by atoms with Gasteiger partial charge in [-0.05, 0) is 74.3 Å². The molecule has 1 aromatic heterocycles. The molecule has 178 valence electrons. The zero-order chi connectivity index (χ0) is 23.4. The van der Waals surface area contributed by atoms with E-state index >= 15 is 0 Å². The van der Waals surface area contributed by atoms with Crippen LogP contribution in [0.1, 0.15) is 68.1 Å². The number of benzene rings is 1. The van der Waals surface area contributed by atoms with E-state index < -0.39 is 12.1 Å². The van der Waals surface area contributed by atoms with Gasteiger partial charge in [0.2, 0.25) is 0 Å². The van der Waals surface area contributed by atoms with E-state index in [2.05, 4.69) is 21.8 Å². The second kappa shape index (κ2) is 8.29. The molecule has 0 amide bonds. The Morgan fingerprint density at radius 2 is 1.64 bits per heavy atom. The Morgan fingerprint density at radius 1 is 1.06 bits per heavy atom. The summed E-state index contributed by atoms with van der Waals surface area (Å²) in [4.78, 5) is 8.90. The maximum atomic E-state index is 10.6. The summed E-state index contributed by atoms with van der Waals surface area (Å²) in [5.41, 5.74) is 1.62. The van der Waals surface area contributed by atoms with Gasteiger partial charge in [-0.2, -0.15) is 13.2 Å². The third kappa shape index (κ3) is 4.27. The minimum atomic E-state index is -5.08. The molecular weight excluding hydrogens is 455 g/mol. The van der Waals surface area contributed by atoms with Crippen LogP contribution in [0.4, 0.5) is 13.2 Å². The summed E-state index contributed by atoms with van der Waals surface area (Å²) in [5.74, 6) is 3.08. The number of alkyl halides is 3. The molecule has 9 heteroatoms. The first kappa shape index (κ1) is 22.7. The zero-order valence-corrected chi connectivity index (χ0v) is 18.9. The predicted molar refractivity (Wildman–Crippen MR) is 116 cm³/mol. The minimum absolute atomic E-state index is 0.322. The molecule has 1 unspecified atom stereocenters. The van der Waals surface area contributed by atoms with Crippen molar-refractivity contribution in [2.24, 2.45) is 17.8 Å². The van der Waals surface area contributed by atoms with Crippen LogP contribution in [0.25, 0.3) is 0 Å². The fraction of sp³-hybridized carbons (Fsp3) is 0.625. The molecule has 2 heterocycles. The summed E-state index contributed by atoms with van der Waals surface area (Å²) in [6, 6.07) is 8.37. The van der Waals surface area contributed by atoms with Crippen molar-refractivity contribution in [1.29, 1.82) is 0 Å². The van der Waals surface area contributed by atoms with E-state index in [1.807, 2.05) is 12.1 Å². The van der Waals surface area contributed by atoms with Crippen LogP contribution >= 0.6 is 11.6 Å². The van der Waals surface area contributed by atoms with E-state index in [1.165, 1.54) is 55.7 Å². The lowest BCUT2D eigenvalue weighted by Crippen LogP contribution is -2.50. The van der Waals surface area contributed by atoms with Crippen LogP contribution in [-0.4, -0.2) is 32.0 Å². The fourth-order valence-corrected chi connectivity index (χ4v) is 7.45. The Kier molecular flexibility index (Phi) is 5.70. The SMILES string of the molecule is Clc1ccccc1C1CCc2nnc(C34CC5CC(CC(C5)C3)C4)n2C1.O=C(O)C(F)(F)F. The Morgan fingerprint density at radius 3 is 2.18 bits per heavy atom. The number of fused-ring (bicyclic) bond motifs is 1. The summed E-state index contributed by atoms with van der Waals surface area (Å²) < 4.78 is 34.2. The maximum Gasteiger partial charge on any atom is 0.490 e. The number of hydrogen-bond donors (Lipinski definition) is 1. The number of aromatic nitrogens is 3. The quantitative estimate of drug-likeness (QED) is 0.592. The van der Waals surface area contributed by atoms with Crippen LogP contribution in [0.15, 0.2) is 24.3 Å². The molecule has 0 spiro atoms. The van der Waals surface area contributed by atoms with Gasteiger partial charge in [-0.15, -0.1) is 10.2 Å². The molecule has 2 aromatic rings. The highest BCUT2D eigenvalue weighted by atomic mass is 35.5. The topological polar surface area (TPSA) is 68.0 Å². The van der Waals surface area contributed by atoms with Crippen molar-refractivity contribution < 1.29 is 23.1 Å². The number of carboxylic acids is 1. The first-order valence-electron chi connectivity index (χ1n) is 11.6. The highest BCUT2D eigenvalue weighted by molar-refractivity contribution is 6.31. The summed E-state index contributed by atoms with van der Waals surface area (Å²) in [7, 11) is 0. The van der Waals surface area contributed by atoms with Gasteiger partial charge in [0.25, 0.3) is 0 Å². The van der Waals surface area contributed by atoms with E-state index in [0.717, 1.165) is 42.2 Å². The Bertz CT molecular complexity index is 1020. The van der Waals surface area contributed by atoms with Crippen LogP contribution in [0.2, 0.25) is 5.02 Å². The minimum Gasteiger partial charge on any atom is -0.475 e. The summed E-state index contributed by atoms with van der Waals surface area (Å²) in [6.45, 7) is 1.00. The average molecular weight is 482 g/mol. The molecule has 1 atom stereocenters. The summed E-state index contributed by atoms with van der Waals surface area (Å²) >= 11 is 6.51. The van der Waals surface area contributed by atoms with Gasteiger partial charge in [0.15, 0.2) is 0 Å². The lowest BCUT2D eigenvalue weighted by molar-refractivity contribution is -0.192. The van der Waals surface area contributed by atoms with Crippen LogP contribution in [0, 0.1) is 17.8 Å². The fourth-order valence-electron chi connectivity index (χ4n) is 7.16. The van der Waals surface area contributed by atoms with Crippen molar-refractivity contribution in [2.45, 2.75) is 75.4 Å². The van der Waals surface area contributed by atoms with Crippen molar-refractivity contribution in [3.8, 4) is 0 Å². The van der Waals surface area contributed by atoms with Crippen LogP contribution in [-0.2, 0) is 23.2 Å². The third-order valence-electron chi connectivity index (χ3n) is 8.05. The van der Waals surface area contributed by atoms with Crippen molar-refractivity contribution in [2.75, 3.05) is 0 Å². The Balaban J connectivity index is 0.000000287. The maximum absolute atomic E-state index is 10.6. The van der Waals surface area contributed by atoms with Gasteiger partial charge in [0, 0.05) is 29.3 Å². The molecule has 5 nitrogen and oxygen atoms in total. The third-order valence-corrected chi connectivity index (χ3v) is 8.39. The molecule has 0 radical (unpaired) electrons. The molecule has 1 aliphatic heterocycles. The molecule has 0 saturated heterocycles. The normalized spacial score (nSPS) is 32.1. The molecule has 33 heavy (non-hydrogen) atoms. The molecule has 1 N–H and O–H groups in total. The van der Waals surface area contributed by atoms with E-state index in [1.54, 1.807) is 0 Å². The molecule has 5 aliphatic rings. The van der Waals surface area contributed by atoms with E-state index in [9.17, 15) is 13.2 Å². The number of carboxylic acid groups (broad SMARTS) is 1. The molecule has 7 rings (SSSR count). The largest absolute Gasteiger partial charge is 0.490 e. The van der Waals surface area contributed by atoms with E-state index in [0.29, 0.717) is 11.3 Å². The van der Waals surface area contributed by atoms with Gasteiger partial charge in [0.05, 0.1) is 0 Å². The molecule has 1 aromatic carbocycles. The number of halogens is 4. The summed E-state index contributed by atoms with van der Waals surface area (Å²) in [6.07, 6.45) is 5.56. The lowest BCUT2D eigenvalue weighted by atomic mass is 9.49. The van der Waals surface area contributed by atoms with Crippen molar-refractivity contribution >= 4 is 17.6 Å². The first-order chi connectivity index (χ1) is 15.6. The van der Waals surface area contributed by atoms with Crippen LogP contribution < -0.4 is 0 Å². The molecule has 4 fully saturated rings. The van der Waals surface area contributed by atoms with Gasteiger partial charge in [-0.25, -0.2) is 4.79 Å². The second-order valence-corrected chi connectivity index (χ2v) is 10.7. The van der Waals surface area contributed by atoms with E-state index in [-0.39, 0.29) is 0 Å². The standard InChI is InChI=1S/C22H26ClN3.C2HF3O2/c23-19-4-2-1-3-18(19)17-5-6-20-24-25-21(26(20)13-17)22-10-14-7-15(11-22)9-16(8-14)12-22;3-2(4,5)1(6)7/h1-4,14-17H,5-13H2;(H,6,7). The highest BCUT2D eigenvalue weighted by Crippen LogP contribution is 2.60. The van der Waals surface area contributed by atoms with Gasteiger partial charge < -0.3 is 9.67 Å². The molecule has 4 saturated carbocycles. The lowest BCUT2D eigenvalue weighted by Gasteiger charge is -2.56. The van der Waals surface area contributed by atoms with E-state index in [4.69, 9.17) is 26.6 Å². The summed E-state index contributed by atoms with van der Waals surface area (Å²) in [5, 5.41) is 17.5. The molecular formula is C24H27ClF3N3O2. The monoisotopic (exact) mass is 481 g/mol. The van der Waals surface area contributed by atoms with Crippen LogP contribution in [0.3, 0.4) is 0 Å². The van der Waals surface area contributed by atoms with Crippen molar-refractivity contribution in [3.63, 3.8) is 0 Å². The second-order valence-electron chi connectivity index (χ2n) is 10.3. The molecule has 4 aliphatic carbocycles. The highest BCUT2D eigenvalue weighted by Gasteiger charge is 2.54. The number of rotatable bonds is 2. The Labute approximate surface area is 195 Å². The zero-order valence-electron chi connectivity index (χ0n) is 18.2. The number of nitrogens with zero attached hydrogens (tertiary/aromatic N) is 3. The van der Waals surface area contributed by atoms with Crippen molar-refractivity contribution in [1.82, 2.24) is 14.8 Å².